The highest BCUT2D eigenvalue weighted by atomic mass is 32.1. The van der Waals surface area contributed by atoms with Crippen molar-refractivity contribution < 1.29 is 4.74 Å². The topological polar surface area (TPSA) is 51.1 Å². The second-order valence-electron chi connectivity index (χ2n) is 8.03. The third-order valence-corrected chi connectivity index (χ3v) is 5.73. The van der Waals surface area contributed by atoms with Crippen LogP contribution in [0.1, 0.15) is 50.7 Å². The van der Waals surface area contributed by atoms with Crippen LogP contribution in [-0.2, 0) is 11.8 Å². The molecule has 0 amide bonds. The van der Waals surface area contributed by atoms with E-state index in [0.717, 1.165) is 54.8 Å². The lowest BCUT2D eigenvalue weighted by atomic mass is 9.87. The molecule has 2 aromatic heterocycles. The third-order valence-electron chi connectivity index (χ3n) is 4.96. The molecule has 2 aliphatic rings. The number of ether oxygens (including phenoxy) is 1. The first-order valence-corrected chi connectivity index (χ1v) is 9.36. The van der Waals surface area contributed by atoms with Crippen molar-refractivity contribution in [2.24, 2.45) is 0 Å². The highest BCUT2D eigenvalue weighted by molar-refractivity contribution is 7.09. The standard InChI is InChI=1S/C18H24N4OS/c1-12-9-13-10-18(23-14(13)11-19-12)5-7-22(8-6-18)16-20-15(21-24-16)17(2,3)4/h9,11H,5-8,10H2,1-4H3. The van der Waals surface area contributed by atoms with Gasteiger partial charge in [-0.1, -0.05) is 20.8 Å². The van der Waals surface area contributed by atoms with Crippen molar-refractivity contribution in [2.75, 3.05) is 18.0 Å². The van der Waals surface area contributed by atoms with E-state index < -0.39 is 0 Å². The maximum Gasteiger partial charge on any atom is 0.205 e. The molecule has 1 fully saturated rings. The summed E-state index contributed by atoms with van der Waals surface area (Å²) in [6, 6.07) is 2.16. The Labute approximate surface area is 147 Å². The molecule has 0 N–H and O–H groups in total. The lowest BCUT2D eigenvalue weighted by molar-refractivity contribution is 0.0665. The fourth-order valence-electron chi connectivity index (χ4n) is 3.48. The monoisotopic (exact) mass is 344 g/mol. The minimum Gasteiger partial charge on any atom is -0.485 e. The molecule has 0 aliphatic carbocycles. The Morgan fingerprint density at radius 3 is 2.67 bits per heavy atom. The molecule has 6 heteroatoms. The Bertz CT molecular complexity index is 757. The van der Waals surface area contributed by atoms with Gasteiger partial charge in [-0.3, -0.25) is 4.98 Å². The summed E-state index contributed by atoms with van der Waals surface area (Å²) >= 11 is 1.52. The largest absolute Gasteiger partial charge is 0.485 e. The molecule has 0 atom stereocenters. The zero-order chi connectivity index (χ0) is 16.9. The molecule has 4 rings (SSSR count). The lowest BCUT2D eigenvalue weighted by Crippen LogP contribution is -2.47. The predicted octanol–water partition coefficient (Wildman–Crippen LogP) is 3.51. The van der Waals surface area contributed by atoms with Gasteiger partial charge in [-0.25, -0.2) is 4.98 Å². The Morgan fingerprint density at radius 1 is 1.25 bits per heavy atom. The third kappa shape index (κ3) is 2.77. The van der Waals surface area contributed by atoms with Gasteiger partial charge in [0, 0.05) is 60.6 Å². The maximum atomic E-state index is 6.31. The van der Waals surface area contributed by atoms with Gasteiger partial charge in [0.25, 0.3) is 0 Å². The number of anilines is 1. The van der Waals surface area contributed by atoms with Crippen molar-refractivity contribution in [1.29, 1.82) is 0 Å². The summed E-state index contributed by atoms with van der Waals surface area (Å²) in [4.78, 5) is 11.5. The van der Waals surface area contributed by atoms with Crippen molar-refractivity contribution in [3.63, 3.8) is 0 Å². The highest BCUT2D eigenvalue weighted by Gasteiger charge is 2.42. The molecular formula is C18H24N4OS. The molecule has 0 saturated carbocycles. The number of rotatable bonds is 1. The van der Waals surface area contributed by atoms with Gasteiger partial charge in [-0.15, -0.1) is 0 Å². The molecule has 0 radical (unpaired) electrons. The molecule has 0 bridgehead atoms. The Kier molecular flexibility index (Phi) is 3.56. The minimum atomic E-state index is -0.0498. The van der Waals surface area contributed by atoms with Crippen LogP contribution in [0.25, 0.3) is 0 Å². The van der Waals surface area contributed by atoms with Gasteiger partial charge >= 0.3 is 0 Å². The maximum absolute atomic E-state index is 6.31. The van der Waals surface area contributed by atoms with E-state index in [1.54, 1.807) is 0 Å². The molecule has 24 heavy (non-hydrogen) atoms. The van der Waals surface area contributed by atoms with Crippen LogP contribution in [0, 0.1) is 6.92 Å². The minimum absolute atomic E-state index is 0.00677. The Hall–Kier alpha value is -1.69. The molecule has 4 heterocycles. The van der Waals surface area contributed by atoms with Crippen LogP contribution in [0.3, 0.4) is 0 Å². The van der Waals surface area contributed by atoms with E-state index >= 15 is 0 Å². The van der Waals surface area contributed by atoms with E-state index in [1.807, 2.05) is 13.1 Å². The first-order chi connectivity index (χ1) is 11.3. The predicted molar refractivity (Wildman–Crippen MR) is 96.1 cm³/mol. The smallest absolute Gasteiger partial charge is 0.205 e. The van der Waals surface area contributed by atoms with Crippen molar-refractivity contribution in [3.8, 4) is 5.75 Å². The molecule has 2 aromatic rings. The van der Waals surface area contributed by atoms with E-state index in [2.05, 4.69) is 41.1 Å². The molecule has 2 aliphatic heterocycles. The van der Waals surface area contributed by atoms with Crippen LogP contribution in [0.2, 0.25) is 0 Å². The van der Waals surface area contributed by atoms with E-state index in [1.165, 1.54) is 17.1 Å². The van der Waals surface area contributed by atoms with Crippen molar-refractivity contribution >= 4 is 16.7 Å². The van der Waals surface area contributed by atoms with E-state index in [9.17, 15) is 0 Å². The summed E-state index contributed by atoms with van der Waals surface area (Å²) in [6.45, 7) is 10.4. The lowest BCUT2D eigenvalue weighted by Gasteiger charge is -2.38. The summed E-state index contributed by atoms with van der Waals surface area (Å²) in [5.41, 5.74) is 2.33. The van der Waals surface area contributed by atoms with Crippen molar-refractivity contribution in [3.05, 3.63) is 29.3 Å². The van der Waals surface area contributed by atoms with Crippen molar-refractivity contribution in [1.82, 2.24) is 14.3 Å². The normalized spacial score (nSPS) is 19.4. The fourth-order valence-corrected chi connectivity index (χ4v) is 4.39. The fraction of sp³-hybridized carbons (Fsp3) is 0.611. The number of hydrogen-bond donors (Lipinski definition) is 0. The zero-order valence-electron chi connectivity index (χ0n) is 14.8. The quantitative estimate of drug-likeness (QED) is 0.792. The van der Waals surface area contributed by atoms with Gasteiger partial charge in [0.15, 0.2) is 0 Å². The molecular weight excluding hydrogens is 320 g/mol. The molecule has 5 nitrogen and oxygen atoms in total. The summed E-state index contributed by atoms with van der Waals surface area (Å²) in [5, 5.41) is 1.04. The van der Waals surface area contributed by atoms with Crippen LogP contribution in [-0.4, -0.2) is 33.0 Å². The number of pyridine rings is 1. The zero-order valence-corrected chi connectivity index (χ0v) is 15.6. The Morgan fingerprint density at radius 2 is 2.00 bits per heavy atom. The number of piperidine rings is 1. The van der Waals surface area contributed by atoms with Crippen LogP contribution in [0.4, 0.5) is 5.13 Å². The number of hydrogen-bond acceptors (Lipinski definition) is 6. The SMILES string of the molecule is Cc1cc2c(cn1)OC1(CCN(c3nc(C(C)(C)C)ns3)CC1)C2. The number of aryl methyl sites for hydroxylation is 1. The average molecular weight is 344 g/mol. The van der Waals surface area contributed by atoms with Crippen LogP contribution in [0.5, 0.6) is 5.75 Å². The molecule has 0 aromatic carbocycles. The Balaban J connectivity index is 1.45. The van der Waals surface area contributed by atoms with Gasteiger partial charge in [0.05, 0.1) is 6.20 Å². The van der Waals surface area contributed by atoms with E-state index in [4.69, 9.17) is 9.72 Å². The van der Waals surface area contributed by atoms with Gasteiger partial charge in [0.2, 0.25) is 5.13 Å². The van der Waals surface area contributed by atoms with E-state index in [0.29, 0.717) is 0 Å². The average Bonchev–Trinajstić information content (AvgIpc) is 3.12. The van der Waals surface area contributed by atoms with Gasteiger partial charge in [-0.05, 0) is 13.0 Å². The number of aromatic nitrogens is 3. The summed E-state index contributed by atoms with van der Waals surface area (Å²) in [5.74, 6) is 1.91. The first kappa shape index (κ1) is 15.8. The van der Waals surface area contributed by atoms with Crippen LogP contribution in [0.15, 0.2) is 12.3 Å². The number of nitrogens with zero attached hydrogens (tertiary/aromatic N) is 4. The second kappa shape index (κ2) is 5.41. The molecule has 0 unspecified atom stereocenters. The van der Waals surface area contributed by atoms with Gasteiger partial charge in [-0.2, -0.15) is 4.37 Å². The summed E-state index contributed by atoms with van der Waals surface area (Å²) in [7, 11) is 0. The second-order valence-corrected chi connectivity index (χ2v) is 8.76. The first-order valence-electron chi connectivity index (χ1n) is 8.58. The highest BCUT2D eigenvalue weighted by Crippen LogP contribution is 2.41. The number of fused-ring (bicyclic) bond motifs is 1. The molecule has 128 valence electrons. The summed E-state index contributed by atoms with van der Waals surface area (Å²) in [6.07, 6.45) is 4.92. The molecule has 1 spiro atoms. The molecule has 1 saturated heterocycles. The van der Waals surface area contributed by atoms with Crippen LogP contribution < -0.4 is 9.64 Å². The van der Waals surface area contributed by atoms with Gasteiger partial charge < -0.3 is 9.64 Å². The summed E-state index contributed by atoms with van der Waals surface area (Å²) < 4.78 is 10.9. The van der Waals surface area contributed by atoms with Crippen molar-refractivity contribution in [2.45, 2.75) is 58.0 Å². The van der Waals surface area contributed by atoms with E-state index in [-0.39, 0.29) is 11.0 Å². The van der Waals surface area contributed by atoms with Gasteiger partial charge in [0.1, 0.15) is 17.2 Å². The van der Waals surface area contributed by atoms with Crippen LogP contribution >= 0.6 is 11.5 Å².